The molecule has 32 heavy (non-hydrogen) atoms. The van der Waals surface area contributed by atoms with Gasteiger partial charge in [0, 0.05) is 34.4 Å². The van der Waals surface area contributed by atoms with Gasteiger partial charge in [-0.25, -0.2) is 0 Å². The Morgan fingerprint density at radius 2 is 1.81 bits per heavy atom. The molecule has 0 bridgehead atoms. The molecular formula is C24H35Cl2NO5. The van der Waals surface area contributed by atoms with E-state index in [0.717, 1.165) is 55.7 Å². The maximum Gasteiger partial charge on any atom is 0.121 e. The first-order valence-corrected chi connectivity index (χ1v) is 12.0. The second-order valence-corrected chi connectivity index (χ2v) is 8.68. The van der Waals surface area contributed by atoms with Crippen LogP contribution in [0.4, 0.5) is 0 Å². The molecule has 0 aromatic heterocycles. The summed E-state index contributed by atoms with van der Waals surface area (Å²) < 4.78 is 11.2. The van der Waals surface area contributed by atoms with Gasteiger partial charge in [-0.05, 0) is 49.9 Å². The smallest absolute Gasteiger partial charge is 0.121 e. The summed E-state index contributed by atoms with van der Waals surface area (Å²) in [6.07, 6.45) is 7.22. The lowest BCUT2D eigenvalue weighted by atomic mass is 10.1. The Bertz CT molecular complexity index is 754. The van der Waals surface area contributed by atoms with E-state index in [-0.39, 0.29) is 12.4 Å². The number of aliphatic hydroxyl groups is 2. The minimum atomic E-state index is -0.672. The average molecular weight is 488 g/mol. The van der Waals surface area contributed by atoms with Gasteiger partial charge >= 0.3 is 0 Å². The molecule has 1 aliphatic rings. The number of benzene rings is 1. The molecule has 1 atom stereocenters. The molecule has 0 aliphatic heterocycles. The van der Waals surface area contributed by atoms with E-state index in [4.69, 9.17) is 32.7 Å². The third-order valence-corrected chi connectivity index (χ3v) is 6.11. The lowest BCUT2D eigenvalue weighted by Crippen LogP contribution is -2.22. The summed E-state index contributed by atoms with van der Waals surface area (Å²) in [5.41, 5.74) is 1.99. The van der Waals surface area contributed by atoms with Crippen molar-refractivity contribution in [3.05, 3.63) is 51.0 Å². The van der Waals surface area contributed by atoms with E-state index in [1.165, 1.54) is 6.07 Å². The third-order valence-electron chi connectivity index (χ3n) is 5.31. The number of rotatable bonds is 16. The molecule has 180 valence electrons. The lowest BCUT2D eigenvalue weighted by molar-refractivity contribution is 0.0549. The summed E-state index contributed by atoms with van der Waals surface area (Å²) in [4.78, 5) is 0. The van der Waals surface area contributed by atoms with Crippen molar-refractivity contribution in [1.82, 2.24) is 5.32 Å². The van der Waals surface area contributed by atoms with Crippen LogP contribution < -0.4 is 5.32 Å². The van der Waals surface area contributed by atoms with Crippen molar-refractivity contribution in [3.8, 4) is 5.75 Å². The van der Waals surface area contributed by atoms with Gasteiger partial charge in [0.15, 0.2) is 0 Å². The fraction of sp³-hybridized carbons (Fsp3) is 0.583. The van der Waals surface area contributed by atoms with Crippen LogP contribution in [0.5, 0.6) is 5.75 Å². The van der Waals surface area contributed by atoms with E-state index in [9.17, 15) is 15.3 Å². The summed E-state index contributed by atoms with van der Waals surface area (Å²) in [6.45, 7) is 3.22. The zero-order valence-electron chi connectivity index (χ0n) is 18.5. The van der Waals surface area contributed by atoms with E-state index in [2.05, 4.69) is 5.32 Å². The Balaban J connectivity index is 1.41. The van der Waals surface area contributed by atoms with Gasteiger partial charge < -0.3 is 30.1 Å². The predicted molar refractivity (Wildman–Crippen MR) is 128 cm³/mol. The molecule has 6 nitrogen and oxygen atoms in total. The van der Waals surface area contributed by atoms with Crippen molar-refractivity contribution in [3.63, 3.8) is 0 Å². The summed E-state index contributed by atoms with van der Waals surface area (Å²) >= 11 is 12.3. The van der Waals surface area contributed by atoms with Crippen LogP contribution in [0.1, 0.15) is 55.8 Å². The van der Waals surface area contributed by atoms with Gasteiger partial charge in [-0.2, -0.15) is 0 Å². The summed E-state index contributed by atoms with van der Waals surface area (Å²) in [6, 6.07) is 4.79. The highest BCUT2D eigenvalue weighted by Crippen LogP contribution is 2.30. The van der Waals surface area contributed by atoms with Crippen LogP contribution in [0.15, 0.2) is 39.9 Å². The van der Waals surface area contributed by atoms with Gasteiger partial charge in [-0.15, -0.1) is 0 Å². The number of nitrogens with one attached hydrogen (secondary N) is 1. The fourth-order valence-corrected chi connectivity index (χ4v) is 3.97. The molecule has 0 heterocycles. The molecule has 0 saturated heterocycles. The van der Waals surface area contributed by atoms with Gasteiger partial charge in [-0.1, -0.05) is 48.2 Å². The molecule has 0 spiro atoms. The first-order valence-electron chi connectivity index (χ1n) is 11.2. The third kappa shape index (κ3) is 9.79. The minimum absolute atomic E-state index is 0.0391. The Kier molecular flexibility index (Phi) is 13.3. The van der Waals surface area contributed by atoms with Crippen molar-refractivity contribution in [1.29, 1.82) is 0 Å². The van der Waals surface area contributed by atoms with Gasteiger partial charge in [0.2, 0.25) is 0 Å². The van der Waals surface area contributed by atoms with E-state index in [1.807, 2.05) is 6.08 Å². The van der Waals surface area contributed by atoms with Crippen LogP contribution in [-0.4, -0.2) is 54.8 Å². The molecule has 1 unspecified atom stereocenters. The normalized spacial score (nSPS) is 15.2. The Labute approximate surface area is 200 Å². The number of ether oxygens (including phenoxy) is 2. The SMILES string of the molecule is OCc1cc(C(O)CNCCCCCCOCCOCC2=C(Cl)CCC=C2Cl)ccc1O. The number of allylic oxidation sites excluding steroid dienone is 2. The highest BCUT2D eigenvalue weighted by atomic mass is 35.5. The Morgan fingerprint density at radius 1 is 1.03 bits per heavy atom. The molecule has 0 amide bonds. The number of unbranched alkanes of at least 4 members (excludes halogenated alkanes) is 3. The molecule has 1 aromatic rings. The van der Waals surface area contributed by atoms with E-state index in [0.29, 0.717) is 49.1 Å². The van der Waals surface area contributed by atoms with Crippen LogP contribution in [0.2, 0.25) is 0 Å². The second-order valence-electron chi connectivity index (χ2n) is 7.82. The molecule has 2 rings (SSSR count). The van der Waals surface area contributed by atoms with Crippen LogP contribution in [0, 0.1) is 0 Å². The van der Waals surface area contributed by atoms with Crippen LogP contribution in [0.3, 0.4) is 0 Å². The standard InChI is InChI=1S/C24H35Cl2NO5/c25-21-6-5-7-22(26)20(21)17-32-13-12-31-11-4-2-1-3-10-27-15-24(30)18-8-9-23(29)19(14-18)16-28/h6,8-9,14,24,27-30H,1-5,7,10-13,15-17H2. The van der Waals surface area contributed by atoms with Crippen molar-refractivity contribution in [2.24, 2.45) is 0 Å². The first kappa shape index (κ1) is 27.1. The molecule has 1 aromatic carbocycles. The van der Waals surface area contributed by atoms with Gasteiger partial charge in [0.25, 0.3) is 0 Å². The van der Waals surface area contributed by atoms with Crippen LogP contribution in [0.25, 0.3) is 0 Å². The average Bonchev–Trinajstić information content (AvgIpc) is 2.78. The van der Waals surface area contributed by atoms with Gasteiger partial charge in [0.05, 0.1) is 32.5 Å². The largest absolute Gasteiger partial charge is 0.508 e. The number of hydrogen-bond donors (Lipinski definition) is 4. The molecule has 4 N–H and O–H groups in total. The quantitative estimate of drug-likeness (QED) is 0.256. The topological polar surface area (TPSA) is 91.2 Å². The van der Waals surface area contributed by atoms with Crippen LogP contribution >= 0.6 is 23.2 Å². The molecular weight excluding hydrogens is 453 g/mol. The number of phenols is 1. The second kappa shape index (κ2) is 15.7. The van der Waals surface area contributed by atoms with Gasteiger partial charge in [0.1, 0.15) is 5.75 Å². The number of hydrogen-bond acceptors (Lipinski definition) is 6. The highest BCUT2D eigenvalue weighted by molar-refractivity contribution is 6.36. The summed E-state index contributed by atoms with van der Waals surface area (Å²) in [5, 5.41) is 33.7. The number of halogens is 2. The van der Waals surface area contributed by atoms with Crippen molar-refractivity contribution in [2.75, 3.05) is 39.5 Å². The van der Waals surface area contributed by atoms with Gasteiger partial charge in [-0.3, -0.25) is 0 Å². The number of aliphatic hydroxyl groups excluding tert-OH is 2. The maximum absolute atomic E-state index is 10.2. The van der Waals surface area contributed by atoms with E-state index < -0.39 is 6.10 Å². The molecule has 1 aliphatic carbocycles. The monoisotopic (exact) mass is 487 g/mol. The number of aromatic hydroxyl groups is 1. The molecule has 0 radical (unpaired) electrons. The Hall–Kier alpha value is -1.12. The van der Waals surface area contributed by atoms with Crippen molar-refractivity contribution >= 4 is 23.2 Å². The van der Waals surface area contributed by atoms with Crippen molar-refractivity contribution in [2.45, 2.75) is 51.2 Å². The summed E-state index contributed by atoms with van der Waals surface area (Å²) in [7, 11) is 0. The molecule has 0 saturated carbocycles. The minimum Gasteiger partial charge on any atom is -0.508 e. The molecule has 8 heteroatoms. The maximum atomic E-state index is 10.2. The lowest BCUT2D eigenvalue weighted by Gasteiger charge is -2.14. The van der Waals surface area contributed by atoms with Crippen molar-refractivity contribution < 1.29 is 24.8 Å². The first-order chi connectivity index (χ1) is 15.5. The fourth-order valence-electron chi connectivity index (χ4n) is 3.37. The Morgan fingerprint density at radius 3 is 2.59 bits per heavy atom. The zero-order chi connectivity index (χ0) is 23.2. The van der Waals surface area contributed by atoms with E-state index >= 15 is 0 Å². The van der Waals surface area contributed by atoms with Crippen LogP contribution in [-0.2, 0) is 16.1 Å². The van der Waals surface area contributed by atoms with E-state index in [1.54, 1.807) is 12.1 Å². The predicted octanol–water partition coefficient (Wildman–Crippen LogP) is 4.51. The highest BCUT2D eigenvalue weighted by Gasteiger charge is 2.13. The zero-order valence-corrected chi connectivity index (χ0v) is 20.0. The summed E-state index contributed by atoms with van der Waals surface area (Å²) in [5.74, 6) is 0.0391. The molecule has 0 fully saturated rings.